The van der Waals surface area contributed by atoms with Gasteiger partial charge in [0.1, 0.15) is 0 Å². The van der Waals surface area contributed by atoms with E-state index in [4.69, 9.17) is 10.5 Å². The first-order valence-electron chi connectivity index (χ1n) is 6.05. The molecule has 100 valence electrons. The van der Waals surface area contributed by atoms with Crippen LogP contribution in [-0.2, 0) is 6.54 Å². The van der Waals surface area contributed by atoms with Gasteiger partial charge in [-0.3, -0.25) is 4.98 Å². The Hall–Kier alpha value is -2.44. The molecule has 0 unspecified atom stereocenters. The first kappa shape index (κ1) is 13.0. The van der Waals surface area contributed by atoms with Crippen molar-refractivity contribution in [1.82, 2.24) is 19.9 Å². The molecular weight excluding hydrogens is 244 g/mol. The van der Waals surface area contributed by atoms with Crippen molar-refractivity contribution >= 4 is 11.9 Å². The van der Waals surface area contributed by atoms with Gasteiger partial charge in [-0.2, -0.15) is 15.0 Å². The molecule has 0 aliphatic rings. The largest absolute Gasteiger partial charge is 0.463 e. The zero-order chi connectivity index (χ0) is 13.5. The molecule has 2 aromatic heterocycles. The highest BCUT2D eigenvalue weighted by Crippen LogP contribution is 2.10. The third kappa shape index (κ3) is 4.06. The molecule has 3 N–H and O–H groups in total. The summed E-state index contributed by atoms with van der Waals surface area (Å²) in [6.07, 6.45) is 4.34. The van der Waals surface area contributed by atoms with Crippen LogP contribution in [0.15, 0.2) is 24.5 Å². The van der Waals surface area contributed by atoms with E-state index in [2.05, 4.69) is 25.3 Å². The molecule has 0 atom stereocenters. The van der Waals surface area contributed by atoms with Crippen molar-refractivity contribution in [2.45, 2.75) is 19.9 Å². The van der Waals surface area contributed by atoms with Crippen molar-refractivity contribution < 1.29 is 4.74 Å². The Labute approximate surface area is 111 Å². The van der Waals surface area contributed by atoms with Gasteiger partial charge in [0.2, 0.25) is 11.9 Å². The molecule has 0 spiro atoms. The van der Waals surface area contributed by atoms with Crippen LogP contribution in [0.4, 0.5) is 11.9 Å². The average molecular weight is 260 g/mol. The van der Waals surface area contributed by atoms with Gasteiger partial charge in [0.15, 0.2) is 0 Å². The van der Waals surface area contributed by atoms with Crippen LogP contribution in [0, 0.1) is 0 Å². The number of nitrogens with two attached hydrogens (primary N) is 1. The van der Waals surface area contributed by atoms with E-state index in [0.717, 1.165) is 12.0 Å². The Bertz CT molecular complexity index is 519. The molecule has 0 radical (unpaired) electrons. The van der Waals surface area contributed by atoms with Gasteiger partial charge in [-0.15, -0.1) is 0 Å². The van der Waals surface area contributed by atoms with E-state index in [0.29, 0.717) is 19.1 Å². The van der Waals surface area contributed by atoms with E-state index in [9.17, 15) is 0 Å². The van der Waals surface area contributed by atoms with Gasteiger partial charge in [-0.1, -0.05) is 6.92 Å². The summed E-state index contributed by atoms with van der Waals surface area (Å²) < 4.78 is 5.34. The van der Waals surface area contributed by atoms with Crippen molar-refractivity contribution in [2.75, 3.05) is 17.7 Å². The number of nitrogens with zero attached hydrogens (tertiary/aromatic N) is 4. The van der Waals surface area contributed by atoms with Gasteiger partial charge >= 0.3 is 6.01 Å². The van der Waals surface area contributed by atoms with Crippen molar-refractivity contribution in [3.05, 3.63) is 30.1 Å². The molecule has 0 saturated carbocycles. The fourth-order valence-electron chi connectivity index (χ4n) is 1.39. The molecule has 2 rings (SSSR count). The van der Waals surface area contributed by atoms with Gasteiger partial charge in [0.25, 0.3) is 0 Å². The summed E-state index contributed by atoms with van der Waals surface area (Å²) in [5.41, 5.74) is 6.68. The second-order valence-electron chi connectivity index (χ2n) is 3.86. The number of nitrogens with one attached hydrogen (secondary N) is 1. The van der Waals surface area contributed by atoms with E-state index in [1.807, 2.05) is 19.1 Å². The van der Waals surface area contributed by atoms with Crippen LogP contribution in [0.5, 0.6) is 6.01 Å². The minimum atomic E-state index is 0.137. The van der Waals surface area contributed by atoms with E-state index in [-0.39, 0.29) is 12.0 Å². The Morgan fingerprint density at radius 1 is 1.21 bits per heavy atom. The average Bonchev–Trinajstić information content (AvgIpc) is 2.43. The van der Waals surface area contributed by atoms with E-state index in [1.54, 1.807) is 12.4 Å². The van der Waals surface area contributed by atoms with Crippen LogP contribution in [0.3, 0.4) is 0 Å². The molecule has 0 aliphatic carbocycles. The number of nitrogen functional groups attached to an aromatic ring is 1. The number of ether oxygens (including phenoxy) is 1. The van der Waals surface area contributed by atoms with Crippen LogP contribution in [0.25, 0.3) is 0 Å². The maximum atomic E-state index is 5.61. The molecule has 7 heteroatoms. The molecule has 19 heavy (non-hydrogen) atoms. The number of rotatable bonds is 6. The van der Waals surface area contributed by atoms with Crippen molar-refractivity contribution in [3.63, 3.8) is 0 Å². The first-order chi connectivity index (χ1) is 9.28. The molecule has 0 bridgehead atoms. The summed E-state index contributed by atoms with van der Waals surface area (Å²) in [7, 11) is 0. The number of pyridine rings is 1. The summed E-state index contributed by atoms with van der Waals surface area (Å²) in [4.78, 5) is 16.0. The minimum absolute atomic E-state index is 0.137. The lowest BCUT2D eigenvalue weighted by molar-refractivity contribution is 0.292. The Balaban J connectivity index is 2.01. The minimum Gasteiger partial charge on any atom is -0.463 e. The maximum Gasteiger partial charge on any atom is 0.323 e. The van der Waals surface area contributed by atoms with Gasteiger partial charge < -0.3 is 15.8 Å². The molecule has 0 saturated heterocycles. The molecule has 7 nitrogen and oxygen atoms in total. The highest BCUT2D eigenvalue weighted by atomic mass is 16.5. The van der Waals surface area contributed by atoms with Gasteiger partial charge in [0, 0.05) is 18.9 Å². The summed E-state index contributed by atoms with van der Waals surface area (Å²) in [5.74, 6) is 0.536. The third-order valence-electron chi connectivity index (χ3n) is 2.27. The van der Waals surface area contributed by atoms with Crippen LogP contribution >= 0.6 is 0 Å². The van der Waals surface area contributed by atoms with Gasteiger partial charge in [-0.05, 0) is 24.1 Å². The molecule has 2 aromatic rings. The molecule has 2 heterocycles. The number of hydrogen-bond acceptors (Lipinski definition) is 7. The van der Waals surface area contributed by atoms with E-state index >= 15 is 0 Å². The molecular formula is C12H16N6O. The number of aromatic nitrogens is 4. The third-order valence-corrected chi connectivity index (χ3v) is 2.27. The van der Waals surface area contributed by atoms with Crippen LogP contribution < -0.4 is 15.8 Å². The predicted octanol–water partition coefficient (Wildman–Crippen LogP) is 1.25. The SMILES string of the molecule is CCCOc1nc(N)nc(NCc2ccncc2)n1. The Kier molecular flexibility index (Phi) is 4.44. The molecule has 0 aliphatic heterocycles. The smallest absolute Gasteiger partial charge is 0.323 e. The summed E-state index contributed by atoms with van der Waals surface area (Å²) in [5, 5.41) is 3.07. The zero-order valence-electron chi connectivity index (χ0n) is 10.7. The Morgan fingerprint density at radius 2 is 2.00 bits per heavy atom. The summed E-state index contributed by atoms with van der Waals surface area (Å²) >= 11 is 0. The highest BCUT2D eigenvalue weighted by molar-refractivity contribution is 5.33. The van der Waals surface area contributed by atoms with Crippen molar-refractivity contribution in [2.24, 2.45) is 0 Å². The fraction of sp³-hybridized carbons (Fsp3) is 0.333. The second-order valence-corrected chi connectivity index (χ2v) is 3.86. The van der Waals surface area contributed by atoms with Crippen molar-refractivity contribution in [1.29, 1.82) is 0 Å². The lowest BCUT2D eigenvalue weighted by atomic mass is 10.3. The van der Waals surface area contributed by atoms with E-state index in [1.165, 1.54) is 0 Å². The second kappa shape index (κ2) is 6.48. The molecule has 0 fully saturated rings. The van der Waals surface area contributed by atoms with Crippen LogP contribution in [0.1, 0.15) is 18.9 Å². The zero-order valence-corrected chi connectivity index (χ0v) is 10.7. The highest BCUT2D eigenvalue weighted by Gasteiger charge is 2.05. The van der Waals surface area contributed by atoms with Crippen molar-refractivity contribution in [3.8, 4) is 6.01 Å². The van der Waals surface area contributed by atoms with Crippen LogP contribution in [-0.4, -0.2) is 26.5 Å². The molecule has 0 aromatic carbocycles. The monoisotopic (exact) mass is 260 g/mol. The summed E-state index contributed by atoms with van der Waals surface area (Å²) in [6.45, 7) is 3.14. The topological polar surface area (TPSA) is 98.8 Å². The fourth-order valence-corrected chi connectivity index (χ4v) is 1.39. The summed E-state index contributed by atoms with van der Waals surface area (Å²) in [6, 6.07) is 4.06. The first-order valence-corrected chi connectivity index (χ1v) is 6.05. The maximum absolute atomic E-state index is 5.61. The lowest BCUT2D eigenvalue weighted by Gasteiger charge is -2.07. The standard InChI is InChI=1S/C12H16N6O/c1-2-7-19-12-17-10(13)16-11(18-12)15-8-9-3-5-14-6-4-9/h3-6H,2,7-8H2,1H3,(H3,13,15,16,17,18). The Morgan fingerprint density at radius 3 is 2.74 bits per heavy atom. The van der Waals surface area contributed by atoms with Gasteiger partial charge in [0.05, 0.1) is 6.61 Å². The van der Waals surface area contributed by atoms with Crippen LogP contribution in [0.2, 0.25) is 0 Å². The quantitative estimate of drug-likeness (QED) is 0.806. The predicted molar refractivity (Wildman–Crippen MR) is 71.6 cm³/mol. The van der Waals surface area contributed by atoms with E-state index < -0.39 is 0 Å². The number of anilines is 2. The van der Waals surface area contributed by atoms with Gasteiger partial charge in [-0.25, -0.2) is 0 Å². The molecule has 0 amide bonds. The number of hydrogen-bond donors (Lipinski definition) is 2. The lowest BCUT2D eigenvalue weighted by Crippen LogP contribution is -2.09. The normalized spacial score (nSPS) is 10.2.